The van der Waals surface area contributed by atoms with E-state index in [9.17, 15) is 4.79 Å². The van der Waals surface area contributed by atoms with E-state index in [0.717, 1.165) is 24.0 Å². The molecular formula is C20H20N2OS. The molecule has 0 radical (unpaired) electrons. The third-order valence-corrected chi connectivity index (χ3v) is 4.96. The van der Waals surface area contributed by atoms with E-state index in [1.165, 1.54) is 9.75 Å². The molecule has 0 atom stereocenters. The summed E-state index contributed by atoms with van der Waals surface area (Å²) in [6.45, 7) is 0.601. The van der Waals surface area contributed by atoms with Crippen LogP contribution in [0.4, 0.5) is 0 Å². The molecule has 1 N–H and O–H groups in total. The summed E-state index contributed by atoms with van der Waals surface area (Å²) in [7, 11) is 0. The molecule has 3 nitrogen and oxygen atoms in total. The van der Waals surface area contributed by atoms with Crippen LogP contribution in [0.1, 0.15) is 23.3 Å². The number of pyridine rings is 1. The van der Waals surface area contributed by atoms with Crippen LogP contribution in [0.2, 0.25) is 0 Å². The van der Waals surface area contributed by atoms with E-state index in [0.29, 0.717) is 13.0 Å². The molecule has 4 heteroatoms. The Morgan fingerprint density at radius 2 is 1.92 bits per heavy atom. The summed E-state index contributed by atoms with van der Waals surface area (Å²) in [6.07, 6.45) is 6.03. The monoisotopic (exact) mass is 336 g/mol. The highest BCUT2D eigenvalue weighted by atomic mass is 32.1. The number of amides is 1. The van der Waals surface area contributed by atoms with Gasteiger partial charge in [-0.05, 0) is 36.6 Å². The molecule has 122 valence electrons. The Bertz CT molecular complexity index is 769. The highest BCUT2D eigenvalue weighted by Crippen LogP contribution is 2.28. The van der Waals surface area contributed by atoms with Gasteiger partial charge in [0.05, 0.1) is 0 Å². The molecule has 0 aliphatic rings. The quantitative estimate of drug-likeness (QED) is 0.692. The Hall–Kier alpha value is -2.46. The van der Waals surface area contributed by atoms with Crippen molar-refractivity contribution in [2.75, 3.05) is 0 Å². The van der Waals surface area contributed by atoms with Gasteiger partial charge in [-0.25, -0.2) is 0 Å². The zero-order chi connectivity index (χ0) is 16.6. The standard InChI is InChI=1S/C20H20N2OS/c23-20(22-14-16-6-2-1-3-7-16)10-4-9-18-11-12-19(24-18)17-8-5-13-21-15-17/h1-3,5-8,11-13,15H,4,9-10,14H2,(H,22,23). The zero-order valence-corrected chi connectivity index (χ0v) is 14.3. The van der Waals surface area contributed by atoms with Crippen molar-refractivity contribution in [3.8, 4) is 10.4 Å². The van der Waals surface area contributed by atoms with Crippen molar-refractivity contribution in [1.82, 2.24) is 10.3 Å². The molecule has 2 heterocycles. The third-order valence-electron chi connectivity index (χ3n) is 3.77. The van der Waals surface area contributed by atoms with Gasteiger partial charge in [0.1, 0.15) is 0 Å². The van der Waals surface area contributed by atoms with Crippen molar-refractivity contribution in [3.63, 3.8) is 0 Å². The average molecular weight is 336 g/mol. The second kappa shape index (κ2) is 8.41. The second-order valence-corrected chi connectivity index (χ2v) is 6.79. The molecule has 1 aromatic carbocycles. The number of benzene rings is 1. The predicted molar refractivity (Wildman–Crippen MR) is 98.8 cm³/mol. The number of rotatable bonds is 7. The highest BCUT2D eigenvalue weighted by molar-refractivity contribution is 7.15. The van der Waals surface area contributed by atoms with Gasteiger partial charge >= 0.3 is 0 Å². The van der Waals surface area contributed by atoms with Crippen molar-refractivity contribution in [3.05, 3.63) is 77.4 Å². The predicted octanol–water partition coefficient (Wildman–Crippen LogP) is 4.45. The molecule has 3 aromatic rings. The minimum absolute atomic E-state index is 0.114. The SMILES string of the molecule is O=C(CCCc1ccc(-c2cccnc2)s1)NCc1ccccc1. The van der Waals surface area contributed by atoms with Gasteiger partial charge in [-0.2, -0.15) is 0 Å². The lowest BCUT2D eigenvalue weighted by Gasteiger charge is -2.04. The van der Waals surface area contributed by atoms with Crippen LogP contribution in [0.15, 0.2) is 67.0 Å². The second-order valence-electron chi connectivity index (χ2n) is 5.62. The summed E-state index contributed by atoms with van der Waals surface area (Å²) < 4.78 is 0. The highest BCUT2D eigenvalue weighted by Gasteiger charge is 2.05. The fourth-order valence-corrected chi connectivity index (χ4v) is 3.52. The molecule has 0 unspecified atom stereocenters. The van der Waals surface area contributed by atoms with Crippen LogP contribution in [0.5, 0.6) is 0 Å². The number of nitrogens with one attached hydrogen (secondary N) is 1. The van der Waals surface area contributed by atoms with Crippen LogP contribution in [-0.4, -0.2) is 10.9 Å². The van der Waals surface area contributed by atoms with Gasteiger partial charge in [-0.3, -0.25) is 9.78 Å². The fourth-order valence-electron chi connectivity index (χ4n) is 2.48. The summed E-state index contributed by atoms with van der Waals surface area (Å²) >= 11 is 1.78. The number of aromatic nitrogens is 1. The zero-order valence-electron chi connectivity index (χ0n) is 13.4. The maximum Gasteiger partial charge on any atom is 0.220 e. The number of hydrogen-bond donors (Lipinski definition) is 1. The van der Waals surface area contributed by atoms with E-state index in [2.05, 4.69) is 28.5 Å². The first-order valence-electron chi connectivity index (χ1n) is 8.11. The van der Waals surface area contributed by atoms with Gasteiger partial charge in [0, 0.05) is 40.7 Å². The summed E-state index contributed by atoms with van der Waals surface area (Å²) in [5, 5.41) is 2.97. The Morgan fingerprint density at radius 3 is 2.71 bits per heavy atom. The lowest BCUT2D eigenvalue weighted by molar-refractivity contribution is -0.121. The van der Waals surface area contributed by atoms with E-state index >= 15 is 0 Å². The minimum atomic E-state index is 0.114. The summed E-state index contributed by atoms with van der Waals surface area (Å²) in [4.78, 5) is 18.6. The molecule has 0 aliphatic carbocycles. The maximum absolute atomic E-state index is 11.9. The Balaban J connectivity index is 1.42. The number of thiophene rings is 1. The molecule has 0 aliphatic heterocycles. The minimum Gasteiger partial charge on any atom is -0.352 e. The largest absolute Gasteiger partial charge is 0.352 e. The van der Waals surface area contributed by atoms with Crippen molar-refractivity contribution in [2.45, 2.75) is 25.8 Å². The number of nitrogens with zero attached hydrogens (tertiary/aromatic N) is 1. The van der Waals surface area contributed by atoms with Crippen molar-refractivity contribution < 1.29 is 4.79 Å². The number of carbonyl (C=O) groups excluding carboxylic acids is 1. The molecule has 0 bridgehead atoms. The van der Waals surface area contributed by atoms with Crippen LogP contribution in [-0.2, 0) is 17.8 Å². The van der Waals surface area contributed by atoms with E-state index in [1.807, 2.05) is 42.6 Å². The molecule has 0 spiro atoms. The number of aryl methyl sites for hydroxylation is 1. The molecular weight excluding hydrogens is 316 g/mol. The average Bonchev–Trinajstić information content (AvgIpc) is 3.11. The van der Waals surface area contributed by atoms with E-state index < -0.39 is 0 Å². The summed E-state index contributed by atoms with van der Waals surface area (Å²) in [5.41, 5.74) is 2.28. The molecule has 3 rings (SSSR count). The van der Waals surface area contributed by atoms with Crippen LogP contribution in [0.3, 0.4) is 0 Å². The van der Waals surface area contributed by atoms with Crippen molar-refractivity contribution >= 4 is 17.2 Å². The number of hydrogen-bond acceptors (Lipinski definition) is 3. The Kier molecular flexibility index (Phi) is 5.75. The molecule has 0 saturated heterocycles. The molecule has 1 amide bonds. The van der Waals surface area contributed by atoms with Gasteiger partial charge in [-0.15, -0.1) is 11.3 Å². The summed E-state index contributed by atoms with van der Waals surface area (Å²) in [5.74, 6) is 0.114. The first-order chi connectivity index (χ1) is 11.8. The first-order valence-corrected chi connectivity index (χ1v) is 8.92. The Morgan fingerprint density at radius 1 is 1.04 bits per heavy atom. The maximum atomic E-state index is 11.9. The van der Waals surface area contributed by atoms with E-state index in [1.54, 1.807) is 17.5 Å². The summed E-state index contributed by atoms with van der Waals surface area (Å²) in [6, 6.07) is 18.3. The van der Waals surface area contributed by atoms with Gasteiger partial charge in [0.25, 0.3) is 0 Å². The lowest BCUT2D eigenvalue weighted by atomic mass is 10.2. The molecule has 0 fully saturated rings. The van der Waals surface area contributed by atoms with Gasteiger partial charge in [-0.1, -0.05) is 36.4 Å². The van der Waals surface area contributed by atoms with Crippen LogP contribution < -0.4 is 5.32 Å². The fraction of sp³-hybridized carbons (Fsp3) is 0.200. The molecule has 0 saturated carbocycles. The van der Waals surface area contributed by atoms with Gasteiger partial charge in [0.2, 0.25) is 5.91 Å². The van der Waals surface area contributed by atoms with Crippen LogP contribution in [0.25, 0.3) is 10.4 Å². The number of carbonyl (C=O) groups is 1. The third kappa shape index (κ3) is 4.77. The van der Waals surface area contributed by atoms with E-state index in [-0.39, 0.29) is 5.91 Å². The van der Waals surface area contributed by atoms with Gasteiger partial charge in [0.15, 0.2) is 0 Å². The van der Waals surface area contributed by atoms with Crippen LogP contribution in [0, 0.1) is 0 Å². The van der Waals surface area contributed by atoms with Crippen molar-refractivity contribution in [2.24, 2.45) is 0 Å². The van der Waals surface area contributed by atoms with Crippen LogP contribution >= 0.6 is 11.3 Å². The molecule has 24 heavy (non-hydrogen) atoms. The lowest BCUT2D eigenvalue weighted by Crippen LogP contribution is -2.22. The Labute approximate surface area is 146 Å². The van der Waals surface area contributed by atoms with Gasteiger partial charge < -0.3 is 5.32 Å². The first kappa shape index (κ1) is 16.4. The normalized spacial score (nSPS) is 10.5. The van der Waals surface area contributed by atoms with Crippen molar-refractivity contribution in [1.29, 1.82) is 0 Å². The molecule has 2 aromatic heterocycles. The smallest absolute Gasteiger partial charge is 0.220 e. The topological polar surface area (TPSA) is 42.0 Å². The van der Waals surface area contributed by atoms with E-state index in [4.69, 9.17) is 0 Å².